The van der Waals surface area contributed by atoms with Gasteiger partial charge < -0.3 is 10.1 Å². The van der Waals surface area contributed by atoms with E-state index in [0.717, 1.165) is 12.0 Å². The monoisotopic (exact) mass is 446 g/mol. The number of urea groups is 1. The lowest BCUT2D eigenvalue weighted by molar-refractivity contribution is -0.122. The third-order valence-electron chi connectivity index (χ3n) is 5.58. The number of carbonyl (C=O) groups is 2. The van der Waals surface area contributed by atoms with Crippen molar-refractivity contribution in [2.24, 2.45) is 0 Å². The maximum absolute atomic E-state index is 13.5. The first-order chi connectivity index (χ1) is 15.9. The fraction of sp³-hybridized carbons (Fsp3) is 0.240. The molecule has 3 amide bonds. The van der Waals surface area contributed by atoms with Crippen molar-refractivity contribution in [3.8, 4) is 22.7 Å². The van der Waals surface area contributed by atoms with Crippen molar-refractivity contribution in [2.75, 3.05) is 13.7 Å². The number of ether oxygens (including phenoxy) is 1. The second kappa shape index (κ2) is 9.20. The Labute approximate surface area is 191 Å². The van der Waals surface area contributed by atoms with Crippen LogP contribution in [-0.4, -0.2) is 40.3 Å². The van der Waals surface area contributed by atoms with E-state index in [9.17, 15) is 14.4 Å². The Morgan fingerprint density at radius 3 is 2.45 bits per heavy atom. The molecule has 170 valence electrons. The van der Waals surface area contributed by atoms with Crippen LogP contribution in [0.5, 0.6) is 5.75 Å². The Morgan fingerprint density at radius 1 is 1.03 bits per heavy atom. The quantitative estimate of drug-likeness (QED) is 0.426. The topological polar surface area (TPSA) is 96.4 Å². The largest absolute Gasteiger partial charge is 0.496 e. The molecule has 1 aromatic heterocycles. The molecule has 1 aliphatic heterocycles. The minimum atomic E-state index is -0.479. The van der Waals surface area contributed by atoms with Crippen LogP contribution in [0.3, 0.4) is 0 Å². The minimum Gasteiger partial charge on any atom is -0.496 e. The molecule has 0 radical (unpaired) electrons. The van der Waals surface area contributed by atoms with Gasteiger partial charge in [0.05, 0.1) is 24.1 Å². The van der Waals surface area contributed by atoms with E-state index in [0.29, 0.717) is 35.7 Å². The fourth-order valence-corrected chi connectivity index (χ4v) is 3.75. The third kappa shape index (κ3) is 4.19. The van der Waals surface area contributed by atoms with Gasteiger partial charge in [0.2, 0.25) is 0 Å². The van der Waals surface area contributed by atoms with E-state index in [1.54, 1.807) is 13.2 Å². The number of methoxy groups -OCH3 is 1. The normalized spacial score (nSPS) is 14.8. The molecule has 0 unspecified atom stereocenters. The van der Waals surface area contributed by atoms with E-state index < -0.39 is 11.9 Å². The smallest absolute Gasteiger partial charge is 0.329 e. The molecule has 4 rings (SSSR count). The second-order valence-corrected chi connectivity index (χ2v) is 7.88. The molecule has 0 aliphatic carbocycles. The Kier molecular flexibility index (Phi) is 6.17. The molecule has 0 saturated carbocycles. The van der Waals surface area contributed by atoms with Crippen molar-refractivity contribution in [2.45, 2.75) is 26.7 Å². The highest BCUT2D eigenvalue weighted by molar-refractivity contribution is 6.14. The number of nitrogens with zero attached hydrogens (tertiary/aromatic N) is 2. The predicted molar refractivity (Wildman–Crippen MR) is 126 cm³/mol. The third-order valence-corrected chi connectivity index (χ3v) is 5.58. The van der Waals surface area contributed by atoms with Gasteiger partial charge >= 0.3 is 6.03 Å². The maximum atomic E-state index is 13.5. The minimum absolute atomic E-state index is 0.0689. The van der Waals surface area contributed by atoms with Crippen LogP contribution in [0.2, 0.25) is 0 Å². The van der Waals surface area contributed by atoms with Gasteiger partial charge in [-0.2, -0.15) is 0 Å². The summed E-state index contributed by atoms with van der Waals surface area (Å²) in [5.74, 6) is 0.128. The number of carbonyl (C=O) groups excluding carboxylic acids is 2. The summed E-state index contributed by atoms with van der Waals surface area (Å²) in [5.41, 5.74) is 2.84. The van der Waals surface area contributed by atoms with Gasteiger partial charge in [-0.3, -0.25) is 19.6 Å². The van der Waals surface area contributed by atoms with Crippen LogP contribution in [0.25, 0.3) is 23.0 Å². The van der Waals surface area contributed by atoms with Gasteiger partial charge in [0.1, 0.15) is 11.4 Å². The summed E-state index contributed by atoms with van der Waals surface area (Å²) in [6.07, 6.45) is 3.01. The van der Waals surface area contributed by atoms with E-state index in [4.69, 9.17) is 4.74 Å². The van der Waals surface area contributed by atoms with Crippen LogP contribution < -0.4 is 15.6 Å². The van der Waals surface area contributed by atoms with Crippen LogP contribution in [0.4, 0.5) is 4.79 Å². The van der Waals surface area contributed by atoms with E-state index in [1.165, 1.54) is 15.7 Å². The van der Waals surface area contributed by atoms with Crippen molar-refractivity contribution in [1.82, 2.24) is 20.0 Å². The molecule has 2 N–H and O–H groups in total. The summed E-state index contributed by atoms with van der Waals surface area (Å²) in [6, 6.07) is 14.3. The number of amides is 3. The molecule has 1 fully saturated rings. The van der Waals surface area contributed by atoms with E-state index >= 15 is 0 Å². The van der Waals surface area contributed by atoms with Gasteiger partial charge in [0, 0.05) is 12.1 Å². The molecule has 0 atom stereocenters. The summed E-state index contributed by atoms with van der Waals surface area (Å²) < 4.78 is 6.92. The lowest BCUT2D eigenvalue weighted by Gasteiger charge is -2.10. The van der Waals surface area contributed by atoms with Crippen molar-refractivity contribution < 1.29 is 14.3 Å². The summed E-state index contributed by atoms with van der Waals surface area (Å²) in [4.78, 5) is 39.8. The molecule has 2 heterocycles. The average Bonchev–Trinajstić information content (AvgIpc) is 3.28. The molecule has 0 bridgehead atoms. The molecule has 1 aliphatic rings. The van der Waals surface area contributed by atoms with Crippen molar-refractivity contribution >= 4 is 18.0 Å². The molecule has 1 saturated heterocycles. The van der Waals surface area contributed by atoms with Crippen LogP contribution in [0.15, 0.2) is 59.0 Å². The summed E-state index contributed by atoms with van der Waals surface area (Å²) in [6.45, 7) is 4.29. The van der Waals surface area contributed by atoms with Crippen molar-refractivity contribution in [3.05, 3.63) is 75.7 Å². The van der Waals surface area contributed by atoms with Gasteiger partial charge in [0.25, 0.3) is 11.5 Å². The van der Waals surface area contributed by atoms with Crippen LogP contribution in [-0.2, 0) is 4.79 Å². The first-order valence-electron chi connectivity index (χ1n) is 10.8. The van der Waals surface area contributed by atoms with Crippen LogP contribution in [0, 0.1) is 6.92 Å². The molecule has 8 heteroatoms. The number of benzene rings is 2. The number of para-hydroxylation sites is 1. The zero-order chi connectivity index (χ0) is 23.5. The predicted octanol–water partition coefficient (Wildman–Crippen LogP) is 3.84. The molecule has 2 aromatic carbocycles. The second-order valence-electron chi connectivity index (χ2n) is 7.88. The van der Waals surface area contributed by atoms with Gasteiger partial charge in [-0.1, -0.05) is 43.2 Å². The Bertz CT molecular complexity index is 1280. The number of aryl methyl sites for hydroxylation is 1. The van der Waals surface area contributed by atoms with Crippen molar-refractivity contribution in [3.63, 3.8) is 0 Å². The van der Waals surface area contributed by atoms with E-state index in [-0.39, 0.29) is 16.8 Å². The molecular weight excluding hydrogens is 420 g/mol. The van der Waals surface area contributed by atoms with Crippen LogP contribution in [0.1, 0.15) is 30.9 Å². The Balaban J connectivity index is 1.87. The lowest BCUT2D eigenvalue weighted by Crippen LogP contribution is -2.31. The average molecular weight is 447 g/mol. The summed E-state index contributed by atoms with van der Waals surface area (Å²) >= 11 is 0. The van der Waals surface area contributed by atoms with Gasteiger partial charge in [-0.25, -0.2) is 9.48 Å². The van der Waals surface area contributed by atoms with E-state index in [2.05, 4.69) is 10.4 Å². The number of aromatic amines is 1. The summed E-state index contributed by atoms with van der Waals surface area (Å²) in [7, 11) is 1.55. The lowest BCUT2D eigenvalue weighted by atomic mass is 10.1. The molecule has 3 aromatic rings. The number of unbranched alkanes of at least 4 members (excludes halogenated alkanes) is 1. The van der Waals surface area contributed by atoms with Crippen molar-refractivity contribution in [1.29, 1.82) is 0 Å². The number of hydrogen-bond acceptors (Lipinski definition) is 4. The molecule has 0 spiro atoms. The highest BCUT2D eigenvalue weighted by Gasteiger charge is 2.33. The number of aromatic nitrogens is 2. The van der Waals surface area contributed by atoms with Gasteiger partial charge in [0.15, 0.2) is 0 Å². The standard InChI is InChI=1S/C25H26N4O4/c1-4-5-14-28-24(31)20(26-25(28)32)15-19-22(18-8-6-7-9-21(18)33-3)27-29(23(19)30)17-12-10-16(2)11-13-17/h6-13,15,27H,4-5,14H2,1-3H3,(H,26,32)/b20-15-. The van der Waals surface area contributed by atoms with Gasteiger partial charge in [-0.05, 0) is 43.7 Å². The highest BCUT2D eigenvalue weighted by atomic mass is 16.5. The maximum Gasteiger partial charge on any atom is 0.329 e. The highest BCUT2D eigenvalue weighted by Crippen LogP contribution is 2.31. The number of rotatable bonds is 7. The molecular formula is C25H26N4O4. The molecule has 8 nitrogen and oxygen atoms in total. The number of nitrogens with one attached hydrogen (secondary N) is 2. The zero-order valence-electron chi connectivity index (χ0n) is 18.8. The number of hydrogen-bond donors (Lipinski definition) is 2. The number of H-pyrrole nitrogens is 1. The zero-order valence-corrected chi connectivity index (χ0v) is 18.8. The number of imide groups is 1. The van der Waals surface area contributed by atoms with Crippen LogP contribution >= 0.6 is 0 Å². The first-order valence-corrected chi connectivity index (χ1v) is 10.8. The first kappa shape index (κ1) is 22.1. The Morgan fingerprint density at radius 2 is 1.76 bits per heavy atom. The van der Waals surface area contributed by atoms with E-state index in [1.807, 2.05) is 56.3 Å². The van der Waals surface area contributed by atoms with Gasteiger partial charge in [-0.15, -0.1) is 0 Å². The molecule has 33 heavy (non-hydrogen) atoms. The Hall–Kier alpha value is -4.07. The fourth-order valence-electron chi connectivity index (χ4n) is 3.75. The summed E-state index contributed by atoms with van der Waals surface area (Å²) in [5, 5.41) is 5.77. The SMILES string of the molecule is CCCCN1C(=O)N/C(=C\c2c(-c3ccccc3OC)[nH]n(-c3ccc(C)cc3)c2=O)C1=O.